The summed E-state index contributed by atoms with van der Waals surface area (Å²) in [5.41, 5.74) is 1.48. The van der Waals surface area contributed by atoms with Gasteiger partial charge in [0.15, 0.2) is 4.80 Å². The Kier molecular flexibility index (Phi) is 8.13. The Hall–Kier alpha value is -1.96. The third-order valence-corrected chi connectivity index (χ3v) is 8.17. The normalized spacial score (nSPS) is 15.7. The Bertz CT molecular complexity index is 1590. The molecule has 1 N–H and O–H groups in total. The molecule has 1 aliphatic heterocycles. The number of carbonyl (C=O) groups is 1. The standard InChI is InChI=1S/C25H21Br2IN2O5S/c1-11(2)35-24(33)20-12(3)29-25-30(21(20)16-9-14(26)5-6-18(16)34-4)23(32)19(36-25)8-13-7-15(27)10-17(28)22(13)31/h5-11,21,31H,1-4H3/b19-8-/t21-/m0/s1. The first-order valence-electron chi connectivity index (χ1n) is 10.8. The molecule has 0 radical (unpaired) electrons. The number of thiazole rings is 1. The van der Waals surface area contributed by atoms with Gasteiger partial charge in [0.2, 0.25) is 0 Å². The van der Waals surface area contributed by atoms with Crippen molar-refractivity contribution in [1.82, 2.24) is 4.57 Å². The summed E-state index contributed by atoms with van der Waals surface area (Å²) in [5.74, 6) is 0.0421. The first kappa shape index (κ1) is 27.1. The lowest BCUT2D eigenvalue weighted by Gasteiger charge is -2.26. The van der Waals surface area contributed by atoms with Crippen molar-refractivity contribution in [3.63, 3.8) is 0 Å². The average molecular weight is 748 g/mol. The zero-order valence-corrected chi connectivity index (χ0v) is 25.8. The number of carbonyl (C=O) groups excluding carboxylic acids is 1. The van der Waals surface area contributed by atoms with Gasteiger partial charge in [-0.1, -0.05) is 43.2 Å². The molecule has 0 fully saturated rings. The van der Waals surface area contributed by atoms with Gasteiger partial charge >= 0.3 is 5.97 Å². The number of hydrogen-bond donors (Lipinski definition) is 1. The van der Waals surface area contributed by atoms with Crippen molar-refractivity contribution in [2.24, 2.45) is 4.99 Å². The van der Waals surface area contributed by atoms with E-state index in [2.05, 4.69) is 36.9 Å². The molecule has 188 valence electrons. The highest BCUT2D eigenvalue weighted by molar-refractivity contribution is 14.1. The van der Waals surface area contributed by atoms with Crippen LogP contribution in [0.2, 0.25) is 0 Å². The van der Waals surface area contributed by atoms with Crippen LogP contribution < -0.4 is 19.6 Å². The summed E-state index contributed by atoms with van der Waals surface area (Å²) in [5, 5.41) is 10.6. The average Bonchev–Trinajstić information content (AvgIpc) is 3.10. The van der Waals surface area contributed by atoms with Crippen LogP contribution in [0.1, 0.15) is 37.9 Å². The molecule has 11 heteroatoms. The number of rotatable bonds is 5. The molecule has 36 heavy (non-hydrogen) atoms. The number of allylic oxidation sites excluding steroid dienone is 1. The van der Waals surface area contributed by atoms with Gasteiger partial charge in [-0.05, 0) is 79.8 Å². The van der Waals surface area contributed by atoms with Gasteiger partial charge in [0, 0.05) is 20.1 Å². The fraction of sp³-hybridized carbons (Fsp3) is 0.240. The maximum absolute atomic E-state index is 13.8. The minimum Gasteiger partial charge on any atom is -0.506 e. The van der Waals surface area contributed by atoms with Crippen LogP contribution in [0.5, 0.6) is 11.5 Å². The van der Waals surface area contributed by atoms with E-state index >= 15 is 0 Å². The van der Waals surface area contributed by atoms with Crippen LogP contribution in [-0.2, 0) is 9.53 Å². The number of aromatic hydroxyl groups is 1. The molecule has 2 aromatic carbocycles. The zero-order chi connectivity index (χ0) is 26.3. The molecule has 1 atom stereocenters. The maximum Gasteiger partial charge on any atom is 0.338 e. The van der Waals surface area contributed by atoms with Gasteiger partial charge in [-0.25, -0.2) is 9.79 Å². The van der Waals surface area contributed by atoms with Gasteiger partial charge in [-0.2, -0.15) is 0 Å². The minimum absolute atomic E-state index is 0.0761. The molecular weight excluding hydrogens is 727 g/mol. The van der Waals surface area contributed by atoms with Crippen LogP contribution >= 0.6 is 65.8 Å². The number of nitrogens with zero attached hydrogens (tertiary/aromatic N) is 2. The van der Waals surface area contributed by atoms with Crippen molar-refractivity contribution in [3.8, 4) is 11.5 Å². The Morgan fingerprint density at radius 2 is 1.97 bits per heavy atom. The number of methoxy groups -OCH3 is 1. The van der Waals surface area contributed by atoms with E-state index in [1.54, 1.807) is 45.0 Å². The van der Waals surface area contributed by atoms with Crippen LogP contribution in [0, 0.1) is 3.57 Å². The van der Waals surface area contributed by atoms with E-state index in [1.165, 1.54) is 23.0 Å². The van der Waals surface area contributed by atoms with Crippen LogP contribution in [0.25, 0.3) is 6.08 Å². The van der Waals surface area contributed by atoms with Crippen molar-refractivity contribution in [2.75, 3.05) is 7.11 Å². The molecule has 1 aliphatic rings. The molecule has 0 spiro atoms. The molecule has 4 rings (SSSR count). The summed E-state index contributed by atoms with van der Waals surface area (Å²) in [7, 11) is 1.54. The van der Waals surface area contributed by atoms with E-state index in [0.29, 0.717) is 35.5 Å². The fourth-order valence-corrected chi connectivity index (χ4v) is 6.88. The number of benzene rings is 2. The summed E-state index contributed by atoms with van der Waals surface area (Å²) in [6, 6.07) is 8.12. The molecule has 0 unspecified atom stereocenters. The minimum atomic E-state index is -0.821. The van der Waals surface area contributed by atoms with E-state index < -0.39 is 12.0 Å². The van der Waals surface area contributed by atoms with E-state index in [0.717, 1.165) is 8.95 Å². The molecule has 7 nitrogen and oxygen atoms in total. The molecular formula is C25H21Br2IN2O5S. The van der Waals surface area contributed by atoms with Crippen molar-refractivity contribution >= 4 is 77.8 Å². The summed E-state index contributed by atoms with van der Waals surface area (Å²) in [4.78, 5) is 32.1. The largest absolute Gasteiger partial charge is 0.506 e. The second-order valence-corrected chi connectivity index (χ2v) is 12.3. The quantitative estimate of drug-likeness (QED) is 0.293. The SMILES string of the molecule is COc1ccc(Br)cc1[C@H]1C(C(=O)OC(C)C)=C(C)N=c2s/c(=C\c3cc(Br)cc(I)c3O)c(=O)n21. The summed E-state index contributed by atoms with van der Waals surface area (Å²) in [6.07, 6.45) is 1.28. The molecule has 0 saturated heterocycles. The Balaban J connectivity index is 2.03. The van der Waals surface area contributed by atoms with Crippen molar-refractivity contribution in [1.29, 1.82) is 0 Å². The Labute approximate surface area is 241 Å². The Morgan fingerprint density at radius 3 is 2.64 bits per heavy atom. The smallest absolute Gasteiger partial charge is 0.338 e. The number of phenols is 1. The molecule has 0 aliphatic carbocycles. The number of phenolic OH excluding ortho intramolecular Hbond substituents is 1. The van der Waals surface area contributed by atoms with Gasteiger partial charge in [0.1, 0.15) is 17.5 Å². The van der Waals surface area contributed by atoms with E-state index in [1.807, 2.05) is 34.7 Å². The summed E-state index contributed by atoms with van der Waals surface area (Å²) >= 11 is 10.2. The topological polar surface area (TPSA) is 90.1 Å². The van der Waals surface area contributed by atoms with E-state index in [-0.39, 0.29) is 23.0 Å². The Morgan fingerprint density at radius 1 is 1.25 bits per heavy atom. The monoisotopic (exact) mass is 746 g/mol. The molecule has 3 aromatic rings. The summed E-state index contributed by atoms with van der Waals surface area (Å²) < 4.78 is 15.2. The van der Waals surface area contributed by atoms with Crippen molar-refractivity contribution in [3.05, 3.63) is 84.9 Å². The van der Waals surface area contributed by atoms with Gasteiger partial charge in [0.05, 0.1) is 32.6 Å². The number of fused-ring (bicyclic) bond motifs is 1. The molecule has 0 amide bonds. The predicted molar refractivity (Wildman–Crippen MR) is 154 cm³/mol. The van der Waals surface area contributed by atoms with Crippen molar-refractivity contribution in [2.45, 2.75) is 32.9 Å². The third kappa shape index (κ3) is 5.20. The number of aromatic nitrogens is 1. The van der Waals surface area contributed by atoms with Gasteiger partial charge in [-0.15, -0.1) is 0 Å². The van der Waals surface area contributed by atoms with Gasteiger partial charge < -0.3 is 14.6 Å². The van der Waals surface area contributed by atoms with Crippen molar-refractivity contribution < 1.29 is 19.4 Å². The van der Waals surface area contributed by atoms with Crippen LogP contribution in [0.3, 0.4) is 0 Å². The second kappa shape index (κ2) is 10.8. The van der Waals surface area contributed by atoms with E-state index in [9.17, 15) is 14.7 Å². The lowest BCUT2D eigenvalue weighted by Crippen LogP contribution is -2.40. The lowest BCUT2D eigenvalue weighted by molar-refractivity contribution is -0.143. The first-order valence-corrected chi connectivity index (χ1v) is 14.2. The summed E-state index contributed by atoms with van der Waals surface area (Å²) in [6.45, 7) is 5.26. The number of hydrogen-bond acceptors (Lipinski definition) is 7. The maximum atomic E-state index is 13.8. The molecule has 1 aromatic heterocycles. The van der Waals surface area contributed by atoms with Gasteiger partial charge in [0.25, 0.3) is 5.56 Å². The van der Waals surface area contributed by atoms with Crippen LogP contribution in [0.4, 0.5) is 0 Å². The van der Waals surface area contributed by atoms with E-state index in [4.69, 9.17) is 9.47 Å². The highest BCUT2D eigenvalue weighted by Gasteiger charge is 2.35. The second-order valence-electron chi connectivity index (χ2n) is 8.25. The number of esters is 1. The molecule has 0 saturated carbocycles. The number of halogens is 3. The van der Waals surface area contributed by atoms with Crippen LogP contribution in [0.15, 0.2) is 60.3 Å². The molecule has 0 bridgehead atoms. The zero-order valence-electron chi connectivity index (χ0n) is 19.6. The number of ether oxygens (including phenoxy) is 2. The first-order chi connectivity index (χ1) is 17.0. The highest BCUT2D eigenvalue weighted by atomic mass is 127. The lowest BCUT2D eigenvalue weighted by atomic mass is 9.95. The fourth-order valence-electron chi connectivity index (χ4n) is 3.91. The highest BCUT2D eigenvalue weighted by Crippen LogP contribution is 2.37. The van der Waals surface area contributed by atoms with Crippen LogP contribution in [-0.4, -0.2) is 28.9 Å². The van der Waals surface area contributed by atoms with Gasteiger partial charge in [-0.3, -0.25) is 9.36 Å². The molecule has 2 heterocycles. The third-order valence-electron chi connectivity index (χ3n) is 5.41. The predicted octanol–water partition coefficient (Wildman–Crippen LogP) is 5.03.